The van der Waals surface area contributed by atoms with E-state index in [-0.39, 0.29) is 29.6 Å². The van der Waals surface area contributed by atoms with Crippen molar-refractivity contribution < 1.29 is 26.5 Å². The van der Waals surface area contributed by atoms with Crippen molar-refractivity contribution in [1.29, 1.82) is 0 Å². The van der Waals surface area contributed by atoms with Crippen LogP contribution in [-0.4, -0.2) is 49.7 Å². The third-order valence-corrected chi connectivity index (χ3v) is 7.77. The summed E-state index contributed by atoms with van der Waals surface area (Å²) >= 11 is 0. The lowest BCUT2D eigenvalue weighted by molar-refractivity contribution is 0.0755. The molecule has 0 spiro atoms. The summed E-state index contributed by atoms with van der Waals surface area (Å²) in [6.45, 7) is 2.24. The van der Waals surface area contributed by atoms with Gasteiger partial charge in [0.2, 0.25) is 5.78 Å². The molecule has 1 atom stereocenters. The maximum Gasteiger partial charge on any atom is 0.297 e. The quantitative estimate of drug-likeness (QED) is 0.325. The zero-order valence-corrected chi connectivity index (χ0v) is 20.4. The number of halogens is 1. The summed E-state index contributed by atoms with van der Waals surface area (Å²) in [6, 6.07) is 15.1. The van der Waals surface area contributed by atoms with Crippen LogP contribution in [0, 0.1) is 12.7 Å². The average Bonchev–Trinajstić information content (AvgIpc) is 3.46. The van der Waals surface area contributed by atoms with E-state index in [0.29, 0.717) is 28.8 Å². The zero-order valence-electron chi connectivity index (χ0n) is 19.5. The van der Waals surface area contributed by atoms with E-state index in [9.17, 15) is 22.4 Å². The maximum absolute atomic E-state index is 13.7. The van der Waals surface area contributed by atoms with Gasteiger partial charge in [-0.3, -0.25) is 18.3 Å². The van der Waals surface area contributed by atoms with Gasteiger partial charge < -0.3 is 9.64 Å². The molecule has 0 radical (unpaired) electrons. The molecule has 2 aliphatic heterocycles. The molecule has 3 aromatic carbocycles. The Morgan fingerprint density at radius 2 is 1.86 bits per heavy atom. The minimum atomic E-state index is -3.92. The minimum absolute atomic E-state index is 0.0690. The van der Waals surface area contributed by atoms with Crippen molar-refractivity contribution in [1.82, 2.24) is 9.55 Å². The number of fused-ring (bicyclic) bond motifs is 4. The smallest absolute Gasteiger partial charge is 0.297 e. The highest BCUT2D eigenvalue weighted by Crippen LogP contribution is 2.29. The molecule has 4 aromatic rings. The monoisotopic (exact) mass is 521 g/mol. The Morgan fingerprint density at radius 1 is 1.08 bits per heavy atom. The highest BCUT2D eigenvalue weighted by Gasteiger charge is 2.31. The predicted octanol–water partition coefficient (Wildman–Crippen LogP) is 2.95. The van der Waals surface area contributed by atoms with Gasteiger partial charge >= 0.3 is 0 Å². The van der Waals surface area contributed by atoms with Crippen molar-refractivity contribution in [2.24, 2.45) is 0 Å². The molecule has 188 valence electrons. The lowest BCUT2D eigenvalue weighted by atomic mass is 10.1. The van der Waals surface area contributed by atoms with Crippen LogP contribution in [0.1, 0.15) is 21.7 Å². The van der Waals surface area contributed by atoms with Crippen molar-refractivity contribution >= 4 is 32.5 Å². The predicted molar refractivity (Wildman–Crippen MR) is 132 cm³/mol. The van der Waals surface area contributed by atoms with E-state index in [4.69, 9.17) is 8.92 Å². The number of anilines is 1. The molecule has 0 saturated carbocycles. The Morgan fingerprint density at radius 3 is 2.65 bits per heavy atom. The van der Waals surface area contributed by atoms with Crippen LogP contribution < -0.4 is 10.5 Å². The third kappa shape index (κ3) is 4.01. The fraction of sp³-hybridized carbons (Fsp3) is 0.192. The van der Waals surface area contributed by atoms with Gasteiger partial charge in [0.25, 0.3) is 15.7 Å². The van der Waals surface area contributed by atoms with Gasteiger partial charge in [-0.2, -0.15) is 8.42 Å². The van der Waals surface area contributed by atoms with Crippen LogP contribution in [0.5, 0.6) is 0 Å². The number of carbonyl (C=O) groups is 1. The van der Waals surface area contributed by atoms with Crippen LogP contribution in [-0.2, 0) is 19.0 Å². The number of hydrogen-bond acceptors (Lipinski definition) is 8. The largest absolute Gasteiger partial charge is 0.354 e. The van der Waals surface area contributed by atoms with Crippen molar-refractivity contribution in [3.8, 4) is 5.69 Å². The molecule has 0 amide bonds. The first-order valence-corrected chi connectivity index (χ1v) is 12.9. The summed E-state index contributed by atoms with van der Waals surface area (Å²) in [5.74, 6) is -1.16. The second-order valence-electron chi connectivity index (χ2n) is 8.96. The number of aromatic nitrogens is 2. The van der Waals surface area contributed by atoms with E-state index < -0.39 is 33.4 Å². The second-order valence-corrected chi connectivity index (χ2v) is 10.6. The molecule has 11 heteroatoms. The van der Waals surface area contributed by atoms with Gasteiger partial charge in [0, 0.05) is 12.2 Å². The fourth-order valence-electron chi connectivity index (χ4n) is 4.52. The minimum Gasteiger partial charge on any atom is -0.354 e. The van der Waals surface area contributed by atoms with Crippen LogP contribution in [0.25, 0.3) is 16.6 Å². The Kier molecular flexibility index (Phi) is 5.44. The molecule has 9 nitrogen and oxygen atoms in total. The van der Waals surface area contributed by atoms with E-state index in [2.05, 4.69) is 4.98 Å². The van der Waals surface area contributed by atoms with Crippen molar-refractivity contribution in [2.75, 3.05) is 24.8 Å². The molecule has 0 bridgehead atoms. The van der Waals surface area contributed by atoms with E-state index >= 15 is 0 Å². The molecular weight excluding hydrogens is 501 g/mol. The first kappa shape index (κ1) is 23.5. The highest BCUT2D eigenvalue weighted by molar-refractivity contribution is 7.86. The Bertz CT molecular complexity index is 1750. The molecule has 1 unspecified atom stereocenters. The molecule has 1 aromatic heterocycles. The summed E-state index contributed by atoms with van der Waals surface area (Å²) in [5, 5.41) is 0.307. The molecule has 1 fully saturated rings. The molecule has 1 saturated heterocycles. The van der Waals surface area contributed by atoms with Gasteiger partial charge in [0.1, 0.15) is 18.7 Å². The third-order valence-electron chi connectivity index (χ3n) is 6.47. The number of carbonyl (C=O) groups excluding carboxylic acids is 1. The fourth-order valence-corrected chi connectivity index (χ4v) is 5.45. The number of rotatable bonds is 5. The molecule has 6 rings (SSSR count). The van der Waals surface area contributed by atoms with Crippen molar-refractivity contribution in [3.05, 3.63) is 93.8 Å². The van der Waals surface area contributed by atoms with Crippen molar-refractivity contribution in [3.63, 3.8) is 0 Å². The highest BCUT2D eigenvalue weighted by atomic mass is 32.2. The van der Waals surface area contributed by atoms with Crippen LogP contribution in [0.3, 0.4) is 0 Å². The molecule has 0 N–H and O–H groups in total. The van der Waals surface area contributed by atoms with Gasteiger partial charge in [0.05, 0.1) is 33.7 Å². The van der Waals surface area contributed by atoms with Crippen LogP contribution in [0.2, 0.25) is 0 Å². The van der Waals surface area contributed by atoms with E-state index in [0.717, 1.165) is 11.6 Å². The average molecular weight is 522 g/mol. The Balaban J connectivity index is 1.22. The van der Waals surface area contributed by atoms with Gasteiger partial charge in [-0.05, 0) is 55.5 Å². The van der Waals surface area contributed by atoms with Crippen molar-refractivity contribution in [2.45, 2.75) is 17.9 Å². The number of nitrogens with zero attached hydrogens (tertiary/aromatic N) is 3. The maximum atomic E-state index is 13.7. The summed E-state index contributed by atoms with van der Waals surface area (Å²) in [7, 11) is -3.92. The first-order valence-electron chi connectivity index (χ1n) is 11.5. The second kappa shape index (κ2) is 8.58. The summed E-state index contributed by atoms with van der Waals surface area (Å²) in [5.41, 5.74) is 1.92. The standard InChI is InChI=1S/C26H20FN3O6S/c1-15-2-6-19(7-3-15)37(33,34)36-13-18-12-29(14-35-18)17-5-8-20-22(11-17)28-25-24(31)21-10-16(27)4-9-23(21)30(25)26(20)32/h2-11,18H,12-14H2,1H3. The topological polar surface area (TPSA) is 108 Å². The summed E-state index contributed by atoms with van der Waals surface area (Å²) in [4.78, 5) is 32.3. The lowest BCUT2D eigenvalue weighted by Crippen LogP contribution is -2.26. The molecule has 2 aliphatic rings. The number of hydrogen-bond donors (Lipinski definition) is 0. The van der Waals surface area contributed by atoms with Crippen LogP contribution >= 0.6 is 0 Å². The van der Waals surface area contributed by atoms with E-state index in [1.165, 1.54) is 28.8 Å². The number of ketones is 1. The van der Waals surface area contributed by atoms with E-state index in [1.54, 1.807) is 30.3 Å². The van der Waals surface area contributed by atoms with E-state index in [1.807, 2.05) is 11.8 Å². The number of aryl methyl sites for hydroxylation is 1. The lowest BCUT2D eigenvalue weighted by Gasteiger charge is -2.17. The first-order chi connectivity index (χ1) is 17.7. The van der Waals surface area contributed by atoms with Gasteiger partial charge in [-0.15, -0.1) is 0 Å². The molecule has 37 heavy (non-hydrogen) atoms. The Labute approximate surface area is 210 Å². The molecule has 3 heterocycles. The van der Waals surface area contributed by atoms with Gasteiger partial charge in [-0.1, -0.05) is 17.7 Å². The van der Waals surface area contributed by atoms with Crippen LogP contribution in [0.4, 0.5) is 10.1 Å². The normalized spacial score (nSPS) is 16.9. The summed E-state index contributed by atoms with van der Waals surface area (Å²) in [6.07, 6.45) is -0.500. The zero-order chi connectivity index (χ0) is 25.9. The number of ether oxygens (including phenoxy) is 1. The van der Waals surface area contributed by atoms with Gasteiger partial charge in [0.15, 0.2) is 5.82 Å². The molecular formula is C26H20FN3O6S. The SMILES string of the molecule is Cc1ccc(S(=O)(=O)OCC2CN(c3ccc4c(=O)n5c(nc4c3)C(=O)c3cc(F)ccc3-5)CO2)cc1. The van der Waals surface area contributed by atoms with Crippen LogP contribution in [0.15, 0.2) is 70.4 Å². The number of benzene rings is 3. The summed E-state index contributed by atoms with van der Waals surface area (Å²) < 4.78 is 50.8. The van der Waals surface area contributed by atoms with Gasteiger partial charge in [-0.25, -0.2) is 9.37 Å². The molecule has 0 aliphatic carbocycles. The Hall–Kier alpha value is -3.93.